The predicted molar refractivity (Wildman–Crippen MR) is 87.8 cm³/mol. The largest absolute Gasteiger partial charge is 0.368 e. The first-order valence-electron chi connectivity index (χ1n) is 7.90. The summed E-state index contributed by atoms with van der Waals surface area (Å²) in [6.45, 7) is 3.04. The van der Waals surface area contributed by atoms with Crippen LogP contribution in [-0.2, 0) is 11.2 Å². The maximum Gasteiger partial charge on any atom is 0.223 e. The van der Waals surface area contributed by atoms with E-state index in [1.807, 2.05) is 17.0 Å². The molecule has 2 aromatic rings. The molecule has 1 amide bonds. The molecule has 1 fully saturated rings. The van der Waals surface area contributed by atoms with Crippen molar-refractivity contribution in [1.82, 2.24) is 9.88 Å². The molecular weight excluding hydrogens is 293 g/mol. The molecule has 0 N–H and O–H groups in total. The number of hydrogen-bond acceptors (Lipinski definition) is 3. The quantitative estimate of drug-likeness (QED) is 0.870. The topological polar surface area (TPSA) is 36.4 Å². The first-order valence-corrected chi connectivity index (χ1v) is 7.90. The molecule has 0 aliphatic carbocycles. The molecule has 0 radical (unpaired) electrons. The van der Waals surface area contributed by atoms with E-state index in [0.717, 1.165) is 18.8 Å². The Kier molecular flexibility index (Phi) is 4.86. The van der Waals surface area contributed by atoms with Crippen LogP contribution >= 0.6 is 0 Å². The zero-order valence-electron chi connectivity index (χ0n) is 13.0. The van der Waals surface area contributed by atoms with Gasteiger partial charge >= 0.3 is 0 Å². The molecule has 23 heavy (non-hydrogen) atoms. The lowest BCUT2D eigenvalue weighted by Gasteiger charge is -2.36. The third-order valence-electron chi connectivity index (χ3n) is 4.23. The van der Waals surface area contributed by atoms with Crippen LogP contribution in [0.25, 0.3) is 0 Å². The number of piperazine rings is 1. The van der Waals surface area contributed by atoms with E-state index in [9.17, 15) is 9.18 Å². The van der Waals surface area contributed by atoms with Gasteiger partial charge in [0.05, 0.1) is 0 Å². The SMILES string of the molecule is O=C(CCc1ccccc1F)N1CCN(c2ccncc2)CC1. The van der Waals surface area contributed by atoms with Gasteiger partial charge in [-0.1, -0.05) is 18.2 Å². The number of aromatic nitrogens is 1. The zero-order valence-corrected chi connectivity index (χ0v) is 13.0. The van der Waals surface area contributed by atoms with Crippen LogP contribution in [0, 0.1) is 5.82 Å². The van der Waals surface area contributed by atoms with E-state index in [-0.39, 0.29) is 11.7 Å². The number of carbonyl (C=O) groups is 1. The van der Waals surface area contributed by atoms with E-state index in [2.05, 4.69) is 9.88 Å². The maximum absolute atomic E-state index is 13.6. The molecule has 1 aromatic carbocycles. The molecule has 0 spiro atoms. The van der Waals surface area contributed by atoms with Crippen molar-refractivity contribution < 1.29 is 9.18 Å². The molecule has 0 bridgehead atoms. The molecule has 4 nitrogen and oxygen atoms in total. The molecule has 0 atom stereocenters. The van der Waals surface area contributed by atoms with Gasteiger partial charge in [-0.15, -0.1) is 0 Å². The lowest BCUT2D eigenvalue weighted by molar-refractivity contribution is -0.131. The number of nitrogens with zero attached hydrogens (tertiary/aromatic N) is 3. The highest BCUT2D eigenvalue weighted by atomic mass is 19.1. The van der Waals surface area contributed by atoms with Crippen molar-refractivity contribution in [3.63, 3.8) is 0 Å². The summed E-state index contributed by atoms with van der Waals surface area (Å²) in [6, 6.07) is 10.6. The van der Waals surface area contributed by atoms with Crippen LogP contribution in [0.3, 0.4) is 0 Å². The van der Waals surface area contributed by atoms with Crippen LogP contribution in [0.4, 0.5) is 10.1 Å². The number of anilines is 1. The Labute approximate surface area is 135 Å². The first-order chi connectivity index (χ1) is 11.2. The summed E-state index contributed by atoms with van der Waals surface area (Å²) in [4.78, 5) is 20.4. The van der Waals surface area contributed by atoms with Gasteiger partial charge in [0.25, 0.3) is 0 Å². The number of amides is 1. The molecule has 2 heterocycles. The monoisotopic (exact) mass is 313 g/mol. The van der Waals surface area contributed by atoms with E-state index in [1.54, 1.807) is 30.6 Å². The average Bonchev–Trinajstić information content (AvgIpc) is 2.62. The van der Waals surface area contributed by atoms with Gasteiger partial charge in [-0.05, 0) is 30.2 Å². The van der Waals surface area contributed by atoms with Crippen molar-refractivity contribution >= 4 is 11.6 Å². The fraction of sp³-hybridized carbons (Fsp3) is 0.333. The van der Waals surface area contributed by atoms with Crippen LogP contribution in [-0.4, -0.2) is 42.0 Å². The van der Waals surface area contributed by atoms with Crippen molar-refractivity contribution in [2.45, 2.75) is 12.8 Å². The molecule has 1 aromatic heterocycles. The Balaban J connectivity index is 1.50. The fourth-order valence-corrected chi connectivity index (χ4v) is 2.87. The second-order valence-electron chi connectivity index (χ2n) is 5.66. The predicted octanol–water partition coefficient (Wildman–Crippen LogP) is 2.50. The van der Waals surface area contributed by atoms with E-state index in [0.29, 0.717) is 31.5 Å². The minimum absolute atomic E-state index is 0.0997. The van der Waals surface area contributed by atoms with E-state index >= 15 is 0 Å². The Morgan fingerprint density at radius 1 is 1.04 bits per heavy atom. The maximum atomic E-state index is 13.6. The van der Waals surface area contributed by atoms with Gasteiger partial charge in [0.2, 0.25) is 5.91 Å². The summed E-state index contributed by atoms with van der Waals surface area (Å²) in [5.74, 6) is -0.134. The normalized spacial score (nSPS) is 14.8. The fourth-order valence-electron chi connectivity index (χ4n) is 2.87. The van der Waals surface area contributed by atoms with E-state index in [4.69, 9.17) is 0 Å². The lowest BCUT2D eigenvalue weighted by Crippen LogP contribution is -2.48. The van der Waals surface area contributed by atoms with Gasteiger partial charge in [0.1, 0.15) is 5.82 Å². The Morgan fingerprint density at radius 2 is 1.74 bits per heavy atom. The van der Waals surface area contributed by atoms with E-state index < -0.39 is 0 Å². The second kappa shape index (κ2) is 7.22. The number of benzene rings is 1. The second-order valence-corrected chi connectivity index (χ2v) is 5.66. The highest BCUT2D eigenvalue weighted by Gasteiger charge is 2.21. The molecule has 0 saturated carbocycles. The summed E-state index contributed by atoms with van der Waals surface area (Å²) in [6.07, 6.45) is 4.37. The van der Waals surface area contributed by atoms with Gasteiger partial charge in [0.15, 0.2) is 0 Å². The van der Waals surface area contributed by atoms with Crippen molar-refractivity contribution in [3.05, 3.63) is 60.2 Å². The minimum atomic E-state index is -0.234. The molecule has 1 aliphatic rings. The van der Waals surface area contributed by atoms with Crippen LogP contribution in [0.15, 0.2) is 48.8 Å². The van der Waals surface area contributed by atoms with Crippen LogP contribution in [0.1, 0.15) is 12.0 Å². The number of aryl methyl sites for hydroxylation is 1. The highest BCUT2D eigenvalue weighted by Crippen LogP contribution is 2.16. The molecule has 5 heteroatoms. The number of carbonyl (C=O) groups excluding carboxylic acids is 1. The van der Waals surface area contributed by atoms with Crippen molar-refractivity contribution in [2.24, 2.45) is 0 Å². The van der Waals surface area contributed by atoms with Crippen LogP contribution in [0.5, 0.6) is 0 Å². The Morgan fingerprint density at radius 3 is 2.43 bits per heavy atom. The summed E-state index contributed by atoms with van der Waals surface area (Å²) in [5, 5.41) is 0. The number of halogens is 1. The molecule has 3 rings (SSSR count). The zero-order chi connectivity index (χ0) is 16.1. The van der Waals surface area contributed by atoms with Crippen molar-refractivity contribution in [3.8, 4) is 0 Å². The highest BCUT2D eigenvalue weighted by molar-refractivity contribution is 5.76. The number of rotatable bonds is 4. The first kappa shape index (κ1) is 15.5. The Hall–Kier alpha value is -2.43. The summed E-state index contributed by atoms with van der Waals surface area (Å²) in [5.41, 5.74) is 1.75. The van der Waals surface area contributed by atoms with Gasteiger partial charge in [-0.25, -0.2) is 4.39 Å². The molecule has 1 aliphatic heterocycles. The third-order valence-corrected chi connectivity index (χ3v) is 4.23. The summed E-state index contributed by atoms with van der Waals surface area (Å²) in [7, 11) is 0. The van der Waals surface area contributed by atoms with Gasteiger partial charge in [-0.2, -0.15) is 0 Å². The standard InChI is InChI=1S/C18H20FN3O/c19-17-4-2-1-3-15(17)5-6-18(23)22-13-11-21(12-14-22)16-7-9-20-10-8-16/h1-4,7-10H,5-6,11-14H2. The smallest absolute Gasteiger partial charge is 0.223 e. The molecule has 120 valence electrons. The number of hydrogen-bond donors (Lipinski definition) is 0. The van der Waals surface area contributed by atoms with Gasteiger partial charge in [0, 0.05) is 50.7 Å². The summed E-state index contributed by atoms with van der Waals surface area (Å²) >= 11 is 0. The third kappa shape index (κ3) is 3.86. The van der Waals surface area contributed by atoms with E-state index in [1.165, 1.54) is 6.07 Å². The number of pyridine rings is 1. The van der Waals surface area contributed by atoms with Crippen LogP contribution in [0.2, 0.25) is 0 Å². The van der Waals surface area contributed by atoms with Crippen molar-refractivity contribution in [1.29, 1.82) is 0 Å². The molecule has 0 unspecified atom stereocenters. The average molecular weight is 313 g/mol. The van der Waals surface area contributed by atoms with Gasteiger partial charge in [-0.3, -0.25) is 9.78 Å². The van der Waals surface area contributed by atoms with Crippen LogP contribution < -0.4 is 4.90 Å². The molecular formula is C18H20FN3O. The lowest BCUT2D eigenvalue weighted by atomic mass is 10.1. The molecule has 1 saturated heterocycles. The Bertz CT molecular complexity index is 654. The minimum Gasteiger partial charge on any atom is -0.368 e. The van der Waals surface area contributed by atoms with Gasteiger partial charge < -0.3 is 9.80 Å². The summed E-state index contributed by atoms with van der Waals surface area (Å²) < 4.78 is 13.6. The van der Waals surface area contributed by atoms with Crippen molar-refractivity contribution in [2.75, 3.05) is 31.1 Å².